The molecule has 0 aliphatic carbocycles. The van der Waals surface area contributed by atoms with Gasteiger partial charge in [-0.2, -0.15) is 0 Å². The van der Waals surface area contributed by atoms with Gasteiger partial charge in [0.25, 0.3) is 5.40 Å². The minimum atomic E-state index is -5.24. The molecule has 0 spiro atoms. The molecule has 0 saturated carbocycles. The summed E-state index contributed by atoms with van der Waals surface area (Å²) >= 11 is 0. The summed E-state index contributed by atoms with van der Waals surface area (Å²) in [6, 6.07) is 0. The smallest absolute Gasteiger partial charge is 0.352 e. The topological polar surface area (TPSA) is 141 Å². The van der Waals surface area contributed by atoms with Crippen LogP contribution in [0.25, 0.3) is 0 Å². The Morgan fingerprint density at radius 2 is 1.62 bits per heavy atom. The lowest BCUT2D eigenvalue weighted by molar-refractivity contribution is -0.142. The minimum absolute atomic E-state index is 0.133. The summed E-state index contributed by atoms with van der Waals surface area (Å²) in [6.07, 6.45) is 1.12. The molecule has 0 aromatic heterocycles. The van der Waals surface area contributed by atoms with Crippen molar-refractivity contribution in [2.75, 3.05) is 6.61 Å². The van der Waals surface area contributed by atoms with Crippen molar-refractivity contribution < 1.29 is 38.2 Å². The van der Waals surface area contributed by atoms with Crippen LogP contribution in [0, 0.1) is 0 Å². The Balaban J connectivity index is 4.75. The van der Waals surface area contributed by atoms with Crippen molar-refractivity contribution in [1.82, 2.24) is 0 Å². The highest BCUT2D eigenvalue weighted by atomic mass is 31.2. The molecule has 16 heavy (non-hydrogen) atoms. The fourth-order valence-electron chi connectivity index (χ4n) is 0.862. The zero-order valence-corrected chi connectivity index (χ0v) is 10.3. The van der Waals surface area contributed by atoms with E-state index in [1.54, 1.807) is 6.92 Å². The van der Waals surface area contributed by atoms with Crippen molar-refractivity contribution in [3.8, 4) is 0 Å². The third-order valence-electron chi connectivity index (χ3n) is 1.59. The maximum atomic E-state index is 11.1. The molecule has 0 aliphatic rings. The van der Waals surface area contributed by atoms with Crippen molar-refractivity contribution in [2.24, 2.45) is 0 Å². The summed E-state index contributed by atoms with van der Waals surface area (Å²) in [7, 11) is -10.5. The molecular formula is C6H14O8P2. The Labute approximate surface area is 91.9 Å². The maximum Gasteiger partial charge on any atom is 0.352 e. The van der Waals surface area contributed by atoms with E-state index in [-0.39, 0.29) is 6.61 Å². The largest absolute Gasteiger partial charge is 0.465 e. The molecule has 0 unspecified atom stereocenters. The molecule has 0 radical (unpaired) electrons. The molecule has 0 bridgehead atoms. The lowest BCUT2D eigenvalue weighted by atomic mass is 10.4. The van der Waals surface area contributed by atoms with Crippen molar-refractivity contribution in [3.05, 3.63) is 0 Å². The van der Waals surface area contributed by atoms with Crippen LogP contribution in [-0.2, 0) is 18.7 Å². The molecule has 0 aromatic rings. The number of carbonyl (C=O) groups excluding carboxylic acids is 1. The lowest BCUT2D eigenvalue weighted by Gasteiger charge is -2.17. The first-order valence-electron chi connectivity index (χ1n) is 4.37. The first-order chi connectivity index (χ1) is 7.10. The van der Waals surface area contributed by atoms with Gasteiger partial charge in [0.1, 0.15) is 0 Å². The maximum absolute atomic E-state index is 11.1. The molecule has 0 aromatic carbocycles. The molecule has 0 heterocycles. The van der Waals surface area contributed by atoms with Crippen LogP contribution < -0.4 is 0 Å². The molecule has 96 valence electrons. The summed E-state index contributed by atoms with van der Waals surface area (Å²) in [5.74, 6) is -1.57. The summed E-state index contributed by atoms with van der Waals surface area (Å²) < 4.78 is 25.9. The van der Waals surface area contributed by atoms with E-state index >= 15 is 0 Å². The highest BCUT2D eigenvalue weighted by Crippen LogP contribution is 2.60. The van der Waals surface area contributed by atoms with Gasteiger partial charge < -0.3 is 24.3 Å². The third-order valence-corrected chi connectivity index (χ3v) is 5.09. The Hall–Kier alpha value is -0.230. The van der Waals surface area contributed by atoms with Gasteiger partial charge in [0, 0.05) is 0 Å². The van der Waals surface area contributed by atoms with E-state index in [0.29, 0.717) is 12.8 Å². The molecule has 0 aliphatic heterocycles. The van der Waals surface area contributed by atoms with Crippen molar-refractivity contribution >= 4 is 21.2 Å². The molecule has 8 nitrogen and oxygen atoms in total. The van der Waals surface area contributed by atoms with Crippen LogP contribution >= 0.6 is 15.2 Å². The van der Waals surface area contributed by atoms with Crippen LogP contribution in [-0.4, -0.2) is 37.5 Å². The summed E-state index contributed by atoms with van der Waals surface area (Å²) in [5.41, 5.74) is 0. The SMILES string of the molecule is CCCCOC(=O)C(P(=O)(O)O)P(=O)(O)O. The van der Waals surface area contributed by atoms with Crippen molar-refractivity contribution in [1.29, 1.82) is 0 Å². The Bertz CT molecular complexity index is 305. The van der Waals surface area contributed by atoms with Gasteiger partial charge in [0.15, 0.2) is 0 Å². The molecule has 0 fully saturated rings. The Kier molecular flexibility index (Phi) is 5.82. The second-order valence-electron chi connectivity index (χ2n) is 3.07. The van der Waals surface area contributed by atoms with Crippen LogP contribution in [0.3, 0.4) is 0 Å². The van der Waals surface area contributed by atoms with Crippen LogP contribution in [0.4, 0.5) is 0 Å². The van der Waals surface area contributed by atoms with Gasteiger partial charge in [-0.15, -0.1) is 0 Å². The van der Waals surface area contributed by atoms with E-state index in [4.69, 9.17) is 19.6 Å². The number of carbonyl (C=O) groups is 1. The quantitative estimate of drug-likeness (QED) is 0.302. The summed E-state index contributed by atoms with van der Waals surface area (Å²) in [6.45, 7) is 1.66. The lowest BCUT2D eigenvalue weighted by Crippen LogP contribution is -2.24. The van der Waals surface area contributed by atoms with Gasteiger partial charge in [-0.1, -0.05) is 13.3 Å². The van der Waals surface area contributed by atoms with E-state index in [9.17, 15) is 13.9 Å². The highest BCUT2D eigenvalue weighted by Gasteiger charge is 2.50. The van der Waals surface area contributed by atoms with Gasteiger partial charge in [-0.3, -0.25) is 13.9 Å². The predicted octanol–water partition coefficient (Wildman–Crippen LogP) is 0.0112. The summed E-state index contributed by atoms with van der Waals surface area (Å²) in [5, 5.41) is -2.73. The van der Waals surface area contributed by atoms with E-state index < -0.39 is 26.6 Å². The number of esters is 1. The van der Waals surface area contributed by atoms with Crippen molar-refractivity contribution in [3.63, 3.8) is 0 Å². The van der Waals surface area contributed by atoms with Gasteiger partial charge in [0.2, 0.25) is 0 Å². The molecular weight excluding hydrogens is 262 g/mol. The van der Waals surface area contributed by atoms with Crippen LogP contribution in [0.1, 0.15) is 19.8 Å². The first-order valence-corrected chi connectivity index (χ1v) is 7.74. The van der Waals surface area contributed by atoms with E-state index in [1.165, 1.54) is 0 Å². The minimum Gasteiger partial charge on any atom is -0.465 e. The number of hydrogen-bond donors (Lipinski definition) is 4. The highest BCUT2D eigenvalue weighted by molar-refractivity contribution is 7.72. The Morgan fingerprint density at radius 3 is 1.94 bits per heavy atom. The van der Waals surface area contributed by atoms with E-state index in [1.807, 2.05) is 0 Å². The first kappa shape index (κ1) is 15.8. The second-order valence-corrected chi connectivity index (χ2v) is 6.87. The van der Waals surface area contributed by atoms with Crippen molar-refractivity contribution in [2.45, 2.75) is 25.2 Å². The number of ether oxygens (including phenoxy) is 1. The van der Waals surface area contributed by atoms with E-state index in [2.05, 4.69) is 4.74 Å². The van der Waals surface area contributed by atoms with Crippen LogP contribution in [0.15, 0.2) is 0 Å². The molecule has 0 amide bonds. The predicted molar refractivity (Wildman–Crippen MR) is 53.7 cm³/mol. The second kappa shape index (κ2) is 5.91. The monoisotopic (exact) mass is 276 g/mol. The average molecular weight is 276 g/mol. The van der Waals surface area contributed by atoms with Crippen LogP contribution in [0.2, 0.25) is 0 Å². The molecule has 0 saturated heterocycles. The van der Waals surface area contributed by atoms with E-state index in [0.717, 1.165) is 0 Å². The summed E-state index contributed by atoms with van der Waals surface area (Å²) in [4.78, 5) is 45.7. The average Bonchev–Trinajstić information content (AvgIpc) is 1.98. The number of hydrogen-bond acceptors (Lipinski definition) is 4. The van der Waals surface area contributed by atoms with Crippen LogP contribution in [0.5, 0.6) is 0 Å². The normalized spacial score (nSPS) is 12.9. The van der Waals surface area contributed by atoms with Gasteiger partial charge in [-0.25, -0.2) is 0 Å². The van der Waals surface area contributed by atoms with Gasteiger partial charge in [-0.05, 0) is 6.42 Å². The van der Waals surface area contributed by atoms with Gasteiger partial charge >= 0.3 is 21.2 Å². The molecule has 10 heteroatoms. The zero-order chi connectivity index (χ0) is 13.0. The fraction of sp³-hybridized carbons (Fsp3) is 0.833. The molecule has 0 rings (SSSR count). The standard InChI is InChI=1S/C6H14O8P2/c1-2-3-4-14-5(7)6(15(8,9)10)16(11,12)13/h6H,2-4H2,1H3,(H2,8,9,10)(H2,11,12,13). The molecule has 0 atom stereocenters. The third kappa shape index (κ3) is 5.21. The Morgan fingerprint density at radius 1 is 1.19 bits per heavy atom. The number of unbranched alkanes of at least 4 members (excludes halogenated alkanes) is 1. The zero-order valence-electron chi connectivity index (χ0n) is 8.51. The fourth-order valence-corrected chi connectivity index (χ4v) is 3.13. The number of rotatable bonds is 6. The van der Waals surface area contributed by atoms with Gasteiger partial charge in [0.05, 0.1) is 6.61 Å². The molecule has 4 N–H and O–H groups in total.